The first-order chi connectivity index (χ1) is 30.9. The third kappa shape index (κ3) is 9.08. The number of methoxy groups -OCH3 is 1. The van der Waals surface area contributed by atoms with Crippen LogP contribution in [0, 0.1) is 30.6 Å². The molecule has 0 aliphatic carbocycles. The molecule has 320 valence electrons. The number of pyridine rings is 2. The Balaban J connectivity index is 0.000000709. The van der Waals surface area contributed by atoms with Gasteiger partial charge in [-0.3, -0.25) is 9.59 Å². The van der Waals surface area contributed by atoms with Crippen LogP contribution in [0.1, 0.15) is 44.7 Å². The normalized spacial score (nSPS) is 12.0. The second-order valence-electron chi connectivity index (χ2n) is 14.3. The molecule has 17 heteroatoms. The Morgan fingerprint density at radius 3 is 1.12 bits per heavy atom. The van der Waals surface area contributed by atoms with Crippen LogP contribution in [-0.4, -0.2) is 46.1 Å². The molecule has 1 fully saturated rings. The van der Waals surface area contributed by atoms with E-state index in [1.54, 1.807) is 12.1 Å². The van der Waals surface area contributed by atoms with Gasteiger partial charge in [0.2, 0.25) is 22.1 Å². The zero-order valence-electron chi connectivity index (χ0n) is 33.8. The summed E-state index contributed by atoms with van der Waals surface area (Å²) in [6.07, 6.45) is 0.0743. The first-order valence-corrected chi connectivity index (χ1v) is 19.5. The molecular formula is C47H35N5O12. The number of carbonyl (C=O) groups excluding carboxylic acids is 4. The molecular weight excluding hydrogens is 827 g/mol. The molecule has 0 radical (unpaired) electrons. The Morgan fingerprint density at radius 2 is 0.812 bits per heavy atom. The zero-order valence-corrected chi connectivity index (χ0v) is 33.8. The van der Waals surface area contributed by atoms with E-state index in [1.165, 1.54) is 7.11 Å². The van der Waals surface area contributed by atoms with Crippen LogP contribution in [-0.2, 0) is 32.3 Å². The van der Waals surface area contributed by atoms with Crippen molar-refractivity contribution in [2.24, 2.45) is 0 Å². The van der Waals surface area contributed by atoms with Crippen LogP contribution in [0.25, 0.3) is 54.7 Å². The van der Waals surface area contributed by atoms with E-state index in [0.717, 1.165) is 65.9 Å². The van der Waals surface area contributed by atoms with Gasteiger partial charge in [0, 0.05) is 59.4 Å². The lowest BCUT2D eigenvalue weighted by Crippen LogP contribution is -2.37. The summed E-state index contributed by atoms with van der Waals surface area (Å²) in [6.45, 7) is 1.12. The lowest BCUT2D eigenvalue weighted by Gasteiger charge is -2.16. The van der Waals surface area contributed by atoms with Gasteiger partial charge in [0.25, 0.3) is 11.8 Å². The number of hydroxylamine groups is 2. The highest BCUT2D eigenvalue weighted by Crippen LogP contribution is 2.41. The van der Waals surface area contributed by atoms with E-state index in [2.05, 4.69) is 106 Å². The number of hydrogen-bond donors (Lipinski definition) is 0. The third-order valence-corrected chi connectivity index (χ3v) is 10.5. The van der Waals surface area contributed by atoms with E-state index in [4.69, 9.17) is 40.2 Å². The summed E-state index contributed by atoms with van der Waals surface area (Å²) in [5.74, 6) is -2.15. The van der Waals surface area contributed by atoms with E-state index in [1.807, 2.05) is 36.4 Å². The average Bonchev–Trinajstić information content (AvgIpc) is 3.61. The largest absolute Gasteiger partial charge is 0.465 e. The minimum atomic E-state index is -1.75. The summed E-state index contributed by atoms with van der Waals surface area (Å²) in [4.78, 5) is 70.6. The van der Waals surface area contributed by atoms with Gasteiger partial charge in [-0.15, -0.1) is 5.06 Å². The number of fused-ring (bicyclic) bond motifs is 4. The smallest absolute Gasteiger partial charge is 0.363 e. The number of nitrogens with zero attached hydrogens (tertiary/aromatic N) is 5. The van der Waals surface area contributed by atoms with Crippen LogP contribution < -0.4 is 9.13 Å². The van der Waals surface area contributed by atoms with Gasteiger partial charge in [-0.2, -0.15) is 9.13 Å². The molecule has 1 aliphatic rings. The minimum absolute atomic E-state index is 0.0372. The van der Waals surface area contributed by atoms with Crippen molar-refractivity contribution in [3.8, 4) is 11.1 Å². The lowest BCUT2D eigenvalue weighted by molar-refractivity contribution is -0.636. The van der Waals surface area contributed by atoms with Crippen molar-refractivity contribution in [1.82, 2.24) is 5.06 Å². The molecule has 6 aromatic carbocycles. The summed E-state index contributed by atoms with van der Waals surface area (Å²) in [7, 11) is 1.39. The highest BCUT2D eigenvalue weighted by molar-refractivity contribution is 6.18. The number of amides is 2. The zero-order chi connectivity index (χ0) is 45.5. The molecule has 0 saturated carbocycles. The highest BCUT2D eigenvalue weighted by atomic mass is 16.9. The molecule has 9 rings (SSSR count). The molecule has 8 aromatic rings. The number of aromatic nitrogens is 2. The number of esters is 1. The first kappa shape index (κ1) is 43.2. The van der Waals surface area contributed by atoms with Gasteiger partial charge in [-0.25, -0.2) is 9.59 Å². The number of ether oxygens (including phenoxy) is 1. The molecule has 0 bridgehead atoms. The van der Waals surface area contributed by atoms with E-state index in [9.17, 15) is 19.2 Å². The van der Waals surface area contributed by atoms with Crippen LogP contribution in [0.3, 0.4) is 0 Å². The molecule has 0 atom stereocenters. The van der Waals surface area contributed by atoms with E-state index < -0.39 is 28.0 Å². The summed E-state index contributed by atoms with van der Waals surface area (Å²) < 4.78 is 9.56. The second kappa shape index (κ2) is 18.8. The summed E-state index contributed by atoms with van der Waals surface area (Å²) in [5.41, 5.74) is 9.32. The Morgan fingerprint density at radius 1 is 0.516 bits per heavy atom. The number of imide groups is 1. The fourth-order valence-corrected chi connectivity index (χ4v) is 7.88. The average molecular weight is 862 g/mol. The molecule has 2 amide bonds. The molecule has 0 unspecified atom stereocenters. The van der Waals surface area contributed by atoms with E-state index >= 15 is 0 Å². The number of benzene rings is 6. The van der Waals surface area contributed by atoms with Gasteiger partial charge in [0.1, 0.15) is 0 Å². The number of para-hydroxylation sites is 4. The molecule has 1 aliphatic heterocycles. The number of hydrogen-bond acceptors (Lipinski definition) is 12. The van der Waals surface area contributed by atoms with Crippen LogP contribution in [0.4, 0.5) is 0 Å². The SMILES string of the molecule is COC(=O)c1ccc(C[n+]2c3ccccc3c(-c3c4ccccc4[n+](Cc4ccc(C(=O)ON5C(=O)CCC5=O)cc4)c4ccccc34)c3ccccc32)cc1.O=[N+]([O-])[O-].O=[N+]([O-])[O-]. The Hall–Kier alpha value is -8.86. The molecule has 17 nitrogen and oxygen atoms in total. The van der Waals surface area contributed by atoms with Gasteiger partial charge in [-0.05, 0) is 48.5 Å². The van der Waals surface area contributed by atoms with Crippen molar-refractivity contribution in [2.75, 3.05) is 7.11 Å². The number of rotatable bonds is 8. The predicted octanol–water partition coefficient (Wildman–Crippen LogP) is 7.17. The van der Waals surface area contributed by atoms with E-state index in [-0.39, 0.29) is 24.4 Å². The Bertz CT molecular complexity index is 2990. The summed E-state index contributed by atoms with van der Waals surface area (Å²) in [5, 5.41) is 34.5. The van der Waals surface area contributed by atoms with Crippen molar-refractivity contribution in [3.05, 3.63) is 198 Å². The maximum Gasteiger partial charge on any atom is 0.363 e. The van der Waals surface area contributed by atoms with Gasteiger partial charge >= 0.3 is 11.9 Å². The molecule has 3 heterocycles. The Kier molecular flexibility index (Phi) is 12.7. The lowest BCUT2D eigenvalue weighted by atomic mass is 9.90. The van der Waals surface area contributed by atoms with Crippen molar-refractivity contribution >= 4 is 67.4 Å². The van der Waals surface area contributed by atoms with Gasteiger partial charge < -0.3 is 40.2 Å². The maximum atomic E-state index is 12.8. The maximum absolute atomic E-state index is 12.8. The molecule has 0 spiro atoms. The van der Waals surface area contributed by atoms with Crippen LogP contribution >= 0.6 is 0 Å². The quantitative estimate of drug-likeness (QED) is 0.0370. The summed E-state index contributed by atoms with van der Waals surface area (Å²) in [6, 6.07) is 48.6. The van der Waals surface area contributed by atoms with Crippen molar-refractivity contribution in [1.29, 1.82) is 0 Å². The molecule has 0 N–H and O–H groups in total. The van der Waals surface area contributed by atoms with Crippen molar-refractivity contribution in [3.63, 3.8) is 0 Å². The number of carbonyl (C=O) groups is 4. The molecule has 1 saturated heterocycles. The molecule has 64 heavy (non-hydrogen) atoms. The first-order valence-electron chi connectivity index (χ1n) is 19.5. The highest BCUT2D eigenvalue weighted by Gasteiger charge is 2.33. The fourth-order valence-electron chi connectivity index (χ4n) is 7.88. The van der Waals surface area contributed by atoms with Gasteiger partial charge in [-0.1, -0.05) is 72.8 Å². The molecule has 2 aromatic heterocycles. The standard InChI is InChI=1S/C47H35N3O6.2NO3/c1-55-46(53)32-22-18-30(19-23-32)28-48-38-14-6-2-10-34(38)44(35-11-3-7-15-39(35)48)45-36-12-4-8-16-40(36)49(41-17-9-5-13-37(41)45)29-31-20-24-33(25-21-31)47(54)56-50-42(51)26-27-43(50)52;2*2-1(3)4/h2-25H,26-29H2,1H3;;/q+2;2*-1. The van der Waals surface area contributed by atoms with Gasteiger partial charge in [0.15, 0.2) is 13.1 Å². The third-order valence-electron chi connectivity index (χ3n) is 10.5. The fraction of sp³-hybridized carbons (Fsp3) is 0.106. The topological polar surface area (TPSA) is 230 Å². The Labute approximate surface area is 362 Å². The predicted molar refractivity (Wildman–Crippen MR) is 232 cm³/mol. The monoisotopic (exact) mass is 861 g/mol. The van der Waals surface area contributed by atoms with Gasteiger partial charge in [0.05, 0.1) is 50.0 Å². The second-order valence-corrected chi connectivity index (χ2v) is 14.3. The van der Waals surface area contributed by atoms with Crippen molar-refractivity contribution in [2.45, 2.75) is 25.9 Å². The van der Waals surface area contributed by atoms with E-state index in [0.29, 0.717) is 23.7 Å². The minimum Gasteiger partial charge on any atom is -0.465 e. The van der Waals surface area contributed by atoms with Crippen LogP contribution in [0.5, 0.6) is 0 Å². The van der Waals surface area contributed by atoms with Crippen LogP contribution in [0.2, 0.25) is 0 Å². The van der Waals surface area contributed by atoms with Crippen molar-refractivity contribution < 1.29 is 48.1 Å². The summed E-state index contributed by atoms with van der Waals surface area (Å²) >= 11 is 0. The van der Waals surface area contributed by atoms with Crippen LogP contribution in [0.15, 0.2) is 146 Å².